The van der Waals surface area contributed by atoms with E-state index in [9.17, 15) is 14.7 Å². The van der Waals surface area contributed by atoms with E-state index >= 15 is 0 Å². The summed E-state index contributed by atoms with van der Waals surface area (Å²) < 4.78 is 0. The number of ketones is 1. The normalized spacial score (nSPS) is 12.2. The Morgan fingerprint density at radius 1 is 1.09 bits per heavy atom. The number of hydrogen-bond acceptors (Lipinski definition) is 2. The molecule has 116 valence electrons. The molecule has 2 N–H and O–H groups in total. The average Bonchev–Trinajstić information content (AvgIpc) is 2.96. The molecule has 0 bridgehead atoms. The van der Waals surface area contributed by atoms with Gasteiger partial charge in [0.05, 0.1) is 5.92 Å². The molecule has 1 unspecified atom stereocenters. The molecule has 2 aromatic carbocycles. The predicted octanol–water partition coefficient (Wildman–Crippen LogP) is 3.92. The van der Waals surface area contributed by atoms with Gasteiger partial charge in [0.25, 0.3) is 0 Å². The van der Waals surface area contributed by atoms with E-state index in [-0.39, 0.29) is 12.2 Å². The number of aromatic nitrogens is 1. The quantitative estimate of drug-likeness (QED) is 0.702. The maximum Gasteiger partial charge on any atom is 0.311 e. The standard InChI is InChI=1S/C19H17NO3/c1-12-6-8-13(9-7-12)18(21)10-15(19(22)23)16-11-20-17-5-3-2-4-14(16)17/h2-9,11,15,20H,10H2,1H3,(H,22,23). The molecule has 1 atom stereocenters. The fourth-order valence-corrected chi connectivity index (χ4v) is 2.76. The van der Waals surface area contributed by atoms with Crippen molar-refractivity contribution in [1.82, 2.24) is 4.98 Å². The van der Waals surface area contributed by atoms with Gasteiger partial charge in [-0.2, -0.15) is 0 Å². The average molecular weight is 307 g/mol. The number of carboxylic acids is 1. The van der Waals surface area contributed by atoms with Crippen LogP contribution >= 0.6 is 0 Å². The zero-order valence-corrected chi connectivity index (χ0v) is 12.7. The number of fused-ring (bicyclic) bond motifs is 1. The minimum Gasteiger partial charge on any atom is -0.481 e. The van der Waals surface area contributed by atoms with Crippen LogP contribution in [0.2, 0.25) is 0 Å². The molecule has 0 aliphatic carbocycles. The summed E-state index contributed by atoms with van der Waals surface area (Å²) in [5.74, 6) is -2.02. The number of aliphatic carboxylic acids is 1. The Labute approximate surface area is 133 Å². The summed E-state index contributed by atoms with van der Waals surface area (Å²) in [6, 6.07) is 14.7. The molecule has 0 saturated carbocycles. The minimum atomic E-state index is -0.991. The highest BCUT2D eigenvalue weighted by Gasteiger charge is 2.26. The van der Waals surface area contributed by atoms with Crippen molar-refractivity contribution in [2.24, 2.45) is 0 Å². The Morgan fingerprint density at radius 3 is 2.48 bits per heavy atom. The minimum absolute atomic E-state index is 0.0553. The summed E-state index contributed by atoms with van der Waals surface area (Å²) in [7, 11) is 0. The van der Waals surface area contributed by atoms with Gasteiger partial charge in [0.2, 0.25) is 0 Å². The van der Waals surface area contributed by atoms with Gasteiger partial charge in [-0.1, -0.05) is 48.0 Å². The Bertz CT molecular complexity index is 862. The number of Topliss-reactive ketones (excluding diaryl/α,β-unsaturated/α-hetero) is 1. The number of para-hydroxylation sites is 1. The number of aromatic amines is 1. The van der Waals surface area contributed by atoms with Crippen LogP contribution in [0.4, 0.5) is 0 Å². The number of benzene rings is 2. The number of aryl methyl sites for hydroxylation is 1. The monoisotopic (exact) mass is 307 g/mol. The van der Waals surface area contributed by atoms with Crippen LogP contribution in [0.3, 0.4) is 0 Å². The van der Waals surface area contributed by atoms with Crippen LogP contribution < -0.4 is 0 Å². The first kappa shape index (κ1) is 15.0. The lowest BCUT2D eigenvalue weighted by molar-refractivity contribution is -0.138. The summed E-state index contributed by atoms with van der Waals surface area (Å²) >= 11 is 0. The van der Waals surface area contributed by atoms with E-state index in [2.05, 4.69) is 4.98 Å². The lowest BCUT2D eigenvalue weighted by Crippen LogP contribution is -2.16. The molecular formula is C19H17NO3. The third kappa shape index (κ3) is 3.01. The molecule has 0 spiro atoms. The number of carbonyl (C=O) groups excluding carboxylic acids is 1. The second-order valence-corrected chi connectivity index (χ2v) is 5.67. The molecule has 0 saturated heterocycles. The lowest BCUT2D eigenvalue weighted by Gasteiger charge is -2.11. The first-order valence-corrected chi connectivity index (χ1v) is 7.45. The van der Waals surface area contributed by atoms with Crippen LogP contribution in [0.25, 0.3) is 10.9 Å². The van der Waals surface area contributed by atoms with Gasteiger partial charge in [0.1, 0.15) is 0 Å². The van der Waals surface area contributed by atoms with Crippen molar-refractivity contribution in [1.29, 1.82) is 0 Å². The summed E-state index contributed by atoms with van der Waals surface area (Å²) in [6.45, 7) is 1.94. The van der Waals surface area contributed by atoms with E-state index < -0.39 is 11.9 Å². The molecular weight excluding hydrogens is 290 g/mol. The number of rotatable bonds is 5. The zero-order chi connectivity index (χ0) is 16.4. The SMILES string of the molecule is Cc1ccc(C(=O)CC(C(=O)O)c2c[nH]c3ccccc23)cc1. The molecule has 4 heteroatoms. The molecule has 0 aliphatic heterocycles. The molecule has 0 radical (unpaired) electrons. The van der Waals surface area contributed by atoms with Crippen LogP contribution in [-0.2, 0) is 4.79 Å². The summed E-state index contributed by atoms with van der Waals surface area (Å²) in [5.41, 5.74) is 3.12. The largest absolute Gasteiger partial charge is 0.481 e. The van der Waals surface area contributed by atoms with Crippen LogP contribution in [0.1, 0.15) is 33.8 Å². The van der Waals surface area contributed by atoms with Crippen molar-refractivity contribution in [2.45, 2.75) is 19.3 Å². The molecule has 3 rings (SSSR count). The van der Waals surface area contributed by atoms with Crippen LogP contribution in [0, 0.1) is 6.92 Å². The van der Waals surface area contributed by atoms with Crippen molar-refractivity contribution in [3.8, 4) is 0 Å². The van der Waals surface area contributed by atoms with Crippen LogP contribution in [-0.4, -0.2) is 21.8 Å². The topological polar surface area (TPSA) is 70.2 Å². The van der Waals surface area contributed by atoms with Crippen molar-refractivity contribution < 1.29 is 14.7 Å². The summed E-state index contributed by atoms with van der Waals surface area (Å²) in [5, 5.41) is 10.4. The van der Waals surface area contributed by atoms with Crippen LogP contribution in [0.15, 0.2) is 54.7 Å². The van der Waals surface area contributed by atoms with Gasteiger partial charge in [-0.3, -0.25) is 9.59 Å². The fraction of sp³-hybridized carbons (Fsp3) is 0.158. The molecule has 1 aromatic heterocycles. The number of nitrogens with one attached hydrogen (secondary N) is 1. The van der Waals surface area contributed by atoms with Crippen molar-refractivity contribution in [3.05, 3.63) is 71.4 Å². The molecule has 4 nitrogen and oxygen atoms in total. The van der Waals surface area contributed by atoms with E-state index in [1.165, 1.54) is 0 Å². The molecule has 0 fully saturated rings. The molecule has 1 heterocycles. The maximum absolute atomic E-state index is 12.4. The Morgan fingerprint density at radius 2 is 1.78 bits per heavy atom. The number of carboxylic acid groups (broad SMARTS) is 1. The highest BCUT2D eigenvalue weighted by Crippen LogP contribution is 2.29. The van der Waals surface area contributed by atoms with E-state index in [1.807, 2.05) is 43.3 Å². The van der Waals surface area contributed by atoms with Crippen molar-refractivity contribution >= 4 is 22.7 Å². The third-order valence-electron chi connectivity index (χ3n) is 4.06. The second-order valence-electron chi connectivity index (χ2n) is 5.67. The lowest BCUT2D eigenvalue weighted by atomic mass is 9.91. The highest BCUT2D eigenvalue weighted by atomic mass is 16.4. The number of hydrogen-bond donors (Lipinski definition) is 2. The Balaban J connectivity index is 1.92. The van der Waals surface area contributed by atoms with Crippen molar-refractivity contribution in [2.75, 3.05) is 0 Å². The van der Waals surface area contributed by atoms with Gasteiger partial charge >= 0.3 is 5.97 Å². The van der Waals surface area contributed by atoms with Gasteiger partial charge in [0, 0.05) is 29.1 Å². The van der Waals surface area contributed by atoms with Gasteiger partial charge < -0.3 is 10.1 Å². The third-order valence-corrected chi connectivity index (χ3v) is 4.06. The Kier molecular flexibility index (Phi) is 3.98. The van der Waals surface area contributed by atoms with E-state index in [0.29, 0.717) is 11.1 Å². The fourth-order valence-electron chi connectivity index (χ4n) is 2.76. The van der Waals surface area contributed by atoms with Gasteiger partial charge in [0.15, 0.2) is 5.78 Å². The maximum atomic E-state index is 12.4. The van der Waals surface area contributed by atoms with Gasteiger partial charge in [-0.25, -0.2) is 0 Å². The zero-order valence-electron chi connectivity index (χ0n) is 12.7. The van der Waals surface area contributed by atoms with E-state index in [1.54, 1.807) is 18.3 Å². The van der Waals surface area contributed by atoms with Gasteiger partial charge in [-0.05, 0) is 18.6 Å². The number of H-pyrrole nitrogens is 1. The molecule has 23 heavy (non-hydrogen) atoms. The van der Waals surface area contributed by atoms with E-state index in [4.69, 9.17) is 0 Å². The predicted molar refractivity (Wildman–Crippen MR) is 88.8 cm³/mol. The van der Waals surface area contributed by atoms with E-state index in [0.717, 1.165) is 16.5 Å². The molecule has 3 aromatic rings. The highest BCUT2D eigenvalue weighted by molar-refractivity contribution is 6.00. The summed E-state index contributed by atoms with van der Waals surface area (Å²) in [4.78, 5) is 27.2. The summed E-state index contributed by atoms with van der Waals surface area (Å²) in [6.07, 6.45) is 1.63. The second kappa shape index (κ2) is 6.08. The first-order valence-electron chi connectivity index (χ1n) is 7.45. The number of carbonyl (C=O) groups is 2. The van der Waals surface area contributed by atoms with Gasteiger partial charge in [-0.15, -0.1) is 0 Å². The van der Waals surface area contributed by atoms with Crippen molar-refractivity contribution in [3.63, 3.8) is 0 Å². The van der Waals surface area contributed by atoms with Crippen LogP contribution in [0.5, 0.6) is 0 Å². The molecule has 0 aliphatic rings. The molecule has 0 amide bonds. The first-order chi connectivity index (χ1) is 11.1. The smallest absolute Gasteiger partial charge is 0.311 e. The Hall–Kier alpha value is -2.88.